The number of hydrogen-bond donors (Lipinski definition) is 1. The standard InChI is InChI=1S/C17H25NO3/c1-12(2)10-20-13-4-5-14-15(8-13)21-17(6-7-18-11-17)9-16(14)19-3/h4-5,8,12,16,18H,6-7,9-11H2,1-3H3. The van der Waals surface area contributed by atoms with Crippen LogP contribution >= 0.6 is 0 Å². The molecule has 2 heterocycles. The monoisotopic (exact) mass is 291 g/mol. The summed E-state index contributed by atoms with van der Waals surface area (Å²) in [5, 5.41) is 3.40. The lowest BCUT2D eigenvalue weighted by Gasteiger charge is -2.39. The van der Waals surface area contributed by atoms with Gasteiger partial charge in [-0.2, -0.15) is 0 Å². The first-order valence-electron chi connectivity index (χ1n) is 7.81. The highest BCUT2D eigenvalue weighted by Gasteiger charge is 2.43. The third-order valence-corrected chi connectivity index (χ3v) is 4.29. The van der Waals surface area contributed by atoms with Gasteiger partial charge in [-0.1, -0.05) is 13.8 Å². The Morgan fingerprint density at radius 3 is 2.95 bits per heavy atom. The van der Waals surface area contributed by atoms with Gasteiger partial charge in [0.05, 0.1) is 12.7 Å². The van der Waals surface area contributed by atoms with Gasteiger partial charge >= 0.3 is 0 Å². The van der Waals surface area contributed by atoms with Crippen LogP contribution in [0.2, 0.25) is 0 Å². The van der Waals surface area contributed by atoms with Crippen molar-refractivity contribution in [1.29, 1.82) is 0 Å². The van der Waals surface area contributed by atoms with E-state index in [1.165, 1.54) is 0 Å². The van der Waals surface area contributed by atoms with Gasteiger partial charge in [-0.3, -0.25) is 0 Å². The average molecular weight is 291 g/mol. The maximum absolute atomic E-state index is 6.34. The van der Waals surface area contributed by atoms with E-state index in [1.807, 2.05) is 12.1 Å². The largest absolute Gasteiger partial charge is 0.493 e. The number of benzene rings is 1. The summed E-state index contributed by atoms with van der Waals surface area (Å²) in [6.07, 6.45) is 2.05. The molecule has 1 spiro atoms. The van der Waals surface area contributed by atoms with E-state index in [2.05, 4.69) is 25.2 Å². The summed E-state index contributed by atoms with van der Waals surface area (Å²) >= 11 is 0. The van der Waals surface area contributed by atoms with Gasteiger partial charge in [-0.05, 0) is 24.6 Å². The summed E-state index contributed by atoms with van der Waals surface area (Å²) in [4.78, 5) is 0. The molecule has 4 nitrogen and oxygen atoms in total. The molecular formula is C17H25NO3. The predicted molar refractivity (Wildman–Crippen MR) is 82.0 cm³/mol. The number of methoxy groups -OCH3 is 1. The lowest BCUT2D eigenvalue weighted by atomic mass is 9.88. The zero-order valence-electron chi connectivity index (χ0n) is 13.1. The van der Waals surface area contributed by atoms with E-state index in [9.17, 15) is 0 Å². The topological polar surface area (TPSA) is 39.7 Å². The molecule has 0 aromatic heterocycles. The van der Waals surface area contributed by atoms with Gasteiger partial charge in [0.15, 0.2) is 0 Å². The molecule has 2 atom stereocenters. The van der Waals surface area contributed by atoms with Gasteiger partial charge < -0.3 is 19.5 Å². The number of ether oxygens (including phenoxy) is 3. The van der Waals surface area contributed by atoms with Crippen molar-refractivity contribution in [3.8, 4) is 11.5 Å². The second kappa shape index (κ2) is 5.85. The summed E-state index contributed by atoms with van der Waals surface area (Å²) in [5.74, 6) is 2.30. The highest BCUT2D eigenvalue weighted by Crippen LogP contribution is 2.44. The Morgan fingerprint density at radius 2 is 2.29 bits per heavy atom. The first-order chi connectivity index (χ1) is 10.1. The average Bonchev–Trinajstić information content (AvgIpc) is 2.91. The molecule has 1 aromatic carbocycles. The Kier molecular flexibility index (Phi) is 4.09. The van der Waals surface area contributed by atoms with Crippen LogP contribution in [0.1, 0.15) is 38.4 Å². The molecule has 2 aliphatic rings. The Morgan fingerprint density at radius 1 is 1.43 bits per heavy atom. The third kappa shape index (κ3) is 3.01. The summed E-state index contributed by atoms with van der Waals surface area (Å²) in [5.41, 5.74) is 1.01. The number of nitrogens with one attached hydrogen (secondary N) is 1. The van der Waals surface area contributed by atoms with Crippen molar-refractivity contribution in [3.05, 3.63) is 23.8 Å². The molecule has 21 heavy (non-hydrogen) atoms. The van der Waals surface area contributed by atoms with Crippen molar-refractivity contribution in [1.82, 2.24) is 5.32 Å². The number of hydrogen-bond acceptors (Lipinski definition) is 4. The van der Waals surface area contributed by atoms with E-state index in [1.54, 1.807) is 7.11 Å². The highest BCUT2D eigenvalue weighted by molar-refractivity contribution is 5.44. The van der Waals surface area contributed by atoms with Crippen molar-refractivity contribution in [2.45, 2.75) is 38.4 Å². The molecule has 1 aromatic rings. The van der Waals surface area contributed by atoms with Gasteiger partial charge in [0.1, 0.15) is 17.1 Å². The zero-order chi connectivity index (χ0) is 14.9. The van der Waals surface area contributed by atoms with Crippen LogP contribution in [0, 0.1) is 5.92 Å². The molecule has 0 bridgehead atoms. The minimum absolute atomic E-state index is 0.104. The SMILES string of the molecule is COC1CC2(CCNC2)Oc2cc(OCC(C)C)ccc21. The lowest BCUT2D eigenvalue weighted by Crippen LogP contribution is -2.43. The van der Waals surface area contributed by atoms with Gasteiger partial charge in [-0.15, -0.1) is 0 Å². The third-order valence-electron chi connectivity index (χ3n) is 4.29. The first kappa shape index (κ1) is 14.7. The molecule has 0 saturated carbocycles. The van der Waals surface area contributed by atoms with E-state index >= 15 is 0 Å². The Labute approximate surface area is 126 Å². The minimum Gasteiger partial charge on any atom is -0.493 e. The highest BCUT2D eigenvalue weighted by atomic mass is 16.5. The van der Waals surface area contributed by atoms with Crippen molar-refractivity contribution >= 4 is 0 Å². The normalized spacial score (nSPS) is 27.7. The Hall–Kier alpha value is -1.26. The van der Waals surface area contributed by atoms with E-state index in [4.69, 9.17) is 14.2 Å². The van der Waals surface area contributed by atoms with Crippen molar-refractivity contribution in [3.63, 3.8) is 0 Å². The molecule has 4 heteroatoms. The van der Waals surface area contributed by atoms with Gasteiger partial charge in [0.2, 0.25) is 0 Å². The fourth-order valence-corrected chi connectivity index (χ4v) is 3.14. The van der Waals surface area contributed by atoms with Gasteiger partial charge in [0, 0.05) is 38.1 Å². The first-order valence-corrected chi connectivity index (χ1v) is 7.81. The second-order valence-corrected chi connectivity index (χ2v) is 6.54. The van der Waals surface area contributed by atoms with Gasteiger partial charge in [-0.25, -0.2) is 0 Å². The molecule has 2 aliphatic heterocycles. The van der Waals surface area contributed by atoms with Crippen LogP contribution in [0.3, 0.4) is 0 Å². The van der Waals surface area contributed by atoms with Crippen molar-refractivity contribution < 1.29 is 14.2 Å². The molecular weight excluding hydrogens is 266 g/mol. The molecule has 0 aliphatic carbocycles. The predicted octanol–water partition coefficient (Wildman–Crippen LogP) is 2.92. The summed E-state index contributed by atoms with van der Waals surface area (Å²) in [6.45, 7) is 6.92. The van der Waals surface area contributed by atoms with E-state index in [0.717, 1.165) is 49.6 Å². The van der Waals surface area contributed by atoms with Crippen LogP contribution in [0.25, 0.3) is 0 Å². The quantitative estimate of drug-likeness (QED) is 0.926. The fourth-order valence-electron chi connectivity index (χ4n) is 3.14. The molecule has 0 amide bonds. The van der Waals surface area contributed by atoms with Crippen LogP contribution in [0.5, 0.6) is 11.5 Å². The number of rotatable bonds is 4. The summed E-state index contributed by atoms with van der Waals surface area (Å²) < 4.78 is 17.8. The maximum atomic E-state index is 6.34. The molecule has 1 N–H and O–H groups in total. The zero-order valence-corrected chi connectivity index (χ0v) is 13.1. The van der Waals surface area contributed by atoms with Crippen LogP contribution in [-0.2, 0) is 4.74 Å². The van der Waals surface area contributed by atoms with Gasteiger partial charge in [0.25, 0.3) is 0 Å². The second-order valence-electron chi connectivity index (χ2n) is 6.54. The van der Waals surface area contributed by atoms with Crippen LogP contribution in [0.4, 0.5) is 0 Å². The van der Waals surface area contributed by atoms with Crippen molar-refractivity contribution in [2.75, 3.05) is 26.8 Å². The van der Waals surface area contributed by atoms with E-state index < -0.39 is 0 Å². The van der Waals surface area contributed by atoms with Crippen LogP contribution in [0.15, 0.2) is 18.2 Å². The fraction of sp³-hybridized carbons (Fsp3) is 0.647. The number of fused-ring (bicyclic) bond motifs is 1. The molecule has 0 radical (unpaired) electrons. The summed E-state index contributed by atoms with van der Waals surface area (Å²) in [6, 6.07) is 6.11. The van der Waals surface area contributed by atoms with Crippen LogP contribution in [-0.4, -0.2) is 32.4 Å². The molecule has 2 unspecified atom stereocenters. The molecule has 1 fully saturated rings. The smallest absolute Gasteiger partial charge is 0.129 e. The lowest BCUT2D eigenvalue weighted by molar-refractivity contribution is -0.0204. The molecule has 116 valence electrons. The van der Waals surface area contributed by atoms with E-state index in [-0.39, 0.29) is 11.7 Å². The van der Waals surface area contributed by atoms with Crippen molar-refractivity contribution in [2.24, 2.45) is 5.92 Å². The Balaban J connectivity index is 1.85. The Bertz CT molecular complexity index is 495. The molecule has 3 rings (SSSR count). The minimum atomic E-state index is -0.121. The summed E-state index contributed by atoms with van der Waals surface area (Å²) in [7, 11) is 1.78. The van der Waals surface area contributed by atoms with E-state index in [0.29, 0.717) is 5.92 Å². The van der Waals surface area contributed by atoms with Crippen LogP contribution < -0.4 is 14.8 Å². The maximum Gasteiger partial charge on any atom is 0.129 e. The molecule has 1 saturated heterocycles.